The minimum Gasteiger partial charge on any atom is -0.447 e. The van der Waals surface area contributed by atoms with Crippen molar-refractivity contribution in [1.82, 2.24) is 31.5 Å². The van der Waals surface area contributed by atoms with E-state index >= 15 is 0 Å². The van der Waals surface area contributed by atoms with Crippen LogP contribution in [-0.2, 0) is 35.1 Å². The van der Waals surface area contributed by atoms with Gasteiger partial charge in [-0.25, -0.2) is 4.79 Å². The largest absolute Gasteiger partial charge is 0.447 e. The maximum absolute atomic E-state index is 13.6. The number of nitrogens with zero attached hydrogens (tertiary/aromatic N) is 1. The first-order chi connectivity index (χ1) is 26.9. The van der Waals surface area contributed by atoms with Crippen LogP contribution in [-0.4, -0.2) is 108 Å². The lowest BCUT2D eigenvalue weighted by Gasteiger charge is -2.30. The van der Waals surface area contributed by atoms with Gasteiger partial charge in [0.15, 0.2) is 0 Å². The molecule has 0 spiro atoms. The van der Waals surface area contributed by atoms with Crippen LogP contribution in [0.1, 0.15) is 90.5 Å². The van der Waals surface area contributed by atoms with Crippen molar-refractivity contribution in [3.8, 4) is 0 Å². The Kier molecular flexibility index (Phi) is 17.3. The average Bonchev–Trinajstić information content (AvgIpc) is 3.65. The summed E-state index contributed by atoms with van der Waals surface area (Å²) in [5.41, 5.74) is 6.47. The van der Waals surface area contributed by atoms with Crippen LogP contribution in [0.2, 0.25) is 0 Å². The molecule has 5 atom stereocenters. The van der Waals surface area contributed by atoms with E-state index in [1.807, 2.05) is 42.5 Å². The van der Waals surface area contributed by atoms with Gasteiger partial charge in [-0.1, -0.05) is 75.6 Å². The summed E-state index contributed by atoms with van der Waals surface area (Å²) < 4.78 is 5.46. The van der Waals surface area contributed by atoms with Crippen molar-refractivity contribution in [2.24, 2.45) is 11.7 Å². The van der Waals surface area contributed by atoms with Crippen molar-refractivity contribution < 1.29 is 38.6 Å². The average molecular weight is 780 g/mol. The molecule has 4 rings (SSSR count). The molecule has 1 saturated heterocycles. The van der Waals surface area contributed by atoms with Gasteiger partial charge in [0.25, 0.3) is 0 Å². The van der Waals surface area contributed by atoms with E-state index in [2.05, 4.69) is 26.6 Å². The lowest BCUT2D eigenvalue weighted by atomic mass is 9.96. The summed E-state index contributed by atoms with van der Waals surface area (Å²) in [6.45, 7) is 5.13. The molecule has 0 unspecified atom stereocenters. The Labute approximate surface area is 329 Å². The number of alkyl carbamates (subject to hydrolysis) is 1. The molecule has 2 aromatic carbocycles. The number of nitrogens with one attached hydrogen (secondary N) is 5. The van der Waals surface area contributed by atoms with Gasteiger partial charge in [0.05, 0.1) is 25.1 Å². The van der Waals surface area contributed by atoms with E-state index in [-0.39, 0.29) is 30.9 Å². The van der Waals surface area contributed by atoms with E-state index in [1.165, 1.54) is 11.8 Å². The second-order valence-electron chi connectivity index (χ2n) is 15.4. The van der Waals surface area contributed by atoms with Crippen LogP contribution < -0.4 is 32.3 Å². The highest BCUT2D eigenvalue weighted by molar-refractivity contribution is 5.95. The number of hydrogen-bond acceptors (Lipinski definition) is 9. The van der Waals surface area contributed by atoms with Crippen LogP contribution in [0, 0.1) is 5.92 Å². The molecule has 15 heteroatoms. The molecule has 8 N–H and O–H groups in total. The van der Waals surface area contributed by atoms with Crippen molar-refractivity contribution in [3.63, 3.8) is 0 Å². The Morgan fingerprint density at radius 2 is 1.57 bits per heavy atom. The minimum absolute atomic E-state index is 0.00879. The van der Waals surface area contributed by atoms with Gasteiger partial charge >= 0.3 is 6.09 Å². The summed E-state index contributed by atoms with van der Waals surface area (Å²) in [6.07, 6.45) is 6.20. The van der Waals surface area contributed by atoms with E-state index in [4.69, 9.17) is 10.5 Å². The molecule has 2 fully saturated rings. The minimum atomic E-state index is -1.30. The zero-order chi connectivity index (χ0) is 40.6. The molecule has 0 bridgehead atoms. The number of fused-ring (bicyclic) bond motifs is 1. The van der Waals surface area contributed by atoms with Gasteiger partial charge in [-0.15, -0.1) is 0 Å². The summed E-state index contributed by atoms with van der Waals surface area (Å²) in [4.78, 5) is 80.6. The summed E-state index contributed by atoms with van der Waals surface area (Å²) in [5, 5.41) is 26.1. The second-order valence-corrected chi connectivity index (χ2v) is 15.4. The number of nitrogens with two attached hydrogens (primary N) is 1. The van der Waals surface area contributed by atoms with Crippen molar-refractivity contribution in [1.29, 1.82) is 0 Å². The van der Waals surface area contributed by atoms with E-state index in [9.17, 15) is 33.9 Å². The second kappa shape index (κ2) is 22.1. The third-order valence-corrected chi connectivity index (χ3v) is 10.5. The van der Waals surface area contributed by atoms with Crippen LogP contribution in [0.3, 0.4) is 0 Å². The number of amides is 6. The molecule has 6 amide bonds. The Morgan fingerprint density at radius 1 is 0.839 bits per heavy atom. The van der Waals surface area contributed by atoms with Gasteiger partial charge < -0.3 is 47.1 Å². The maximum Gasteiger partial charge on any atom is 0.407 e. The Bertz CT molecular complexity index is 1650. The van der Waals surface area contributed by atoms with Gasteiger partial charge in [0.1, 0.15) is 24.7 Å². The summed E-state index contributed by atoms with van der Waals surface area (Å²) in [7, 11) is 0. The predicted molar refractivity (Wildman–Crippen MR) is 212 cm³/mol. The quantitative estimate of drug-likeness (QED) is 0.104. The number of likely N-dealkylation sites (tertiary alicyclic amines) is 1. The molecule has 1 aliphatic heterocycles. The number of aliphatic hydroxyl groups excluding tert-OH is 1. The van der Waals surface area contributed by atoms with Gasteiger partial charge in [0, 0.05) is 12.6 Å². The Balaban J connectivity index is 1.29. The van der Waals surface area contributed by atoms with Gasteiger partial charge in [0.2, 0.25) is 29.5 Å². The van der Waals surface area contributed by atoms with E-state index in [1.54, 1.807) is 13.8 Å². The fourth-order valence-corrected chi connectivity index (χ4v) is 7.33. The smallest absolute Gasteiger partial charge is 0.407 e. The molecule has 0 radical (unpaired) electrons. The molecular weight excluding hydrogens is 718 g/mol. The summed E-state index contributed by atoms with van der Waals surface area (Å²) in [6, 6.07) is 9.99. The van der Waals surface area contributed by atoms with E-state index < -0.39 is 66.5 Å². The molecule has 2 aromatic rings. The number of aliphatic hydroxyl groups is 1. The number of hydrogen-bond donors (Lipinski definition) is 7. The van der Waals surface area contributed by atoms with Crippen LogP contribution in [0.5, 0.6) is 0 Å². The third-order valence-electron chi connectivity index (χ3n) is 10.5. The molecule has 308 valence electrons. The lowest BCUT2D eigenvalue weighted by Crippen LogP contribution is -2.58. The highest BCUT2D eigenvalue weighted by Crippen LogP contribution is 2.21. The number of rotatable bonds is 19. The normalized spacial score (nSPS) is 18.0. The molecule has 1 heterocycles. The van der Waals surface area contributed by atoms with Crippen LogP contribution in [0.25, 0.3) is 10.8 Å². The SMILES string of the molecule is CC(C)[C@H](NC(=O)[C@H](CCCCN)NC(=O)Cc1ccc2ccccc2c1)C(=O)NCC(=O)N[C@H](C(=O)N1CCC[C@H]1COC(=O)NC1CCCCC1)[C@@H](C)O. The topological polar surface area (TPSA) is 221 Å². The standard InChI is InChI=1S/C41H61N7O8/c1-26(2)36(47-38(52)33(17-9-10-20-42)45-34(50)23-28-18-19-29-12-7-8-13-30(29)22-28)39(53)43-24-35(51)46-37(27(3)49)40(54)48-21-11-16-32(48)25-56-41(55)44-31-14-5-4-6-15-31/h7-8,12-13,18-19,22,26-27,31-33,36-37,49H,4-6,9-11,14-17,20-21,23-25,42H2,1-3H3,(H,43,53)(H,44,55)(H,45,50)(H,46,51)(H,47,52)/t27-,32+,33+,36+,37+/m1/s1. The van der Waals surface area contributed by atoms with Crippen LogP contribution >= 0.6 is 0 Å². The molecule has 56 heavy (non-hydrogen) atoms. The highest BCUT2D eigenvalue weighted by Gasteiger charge is 2.37. The first-order valence-electron chi connectivity index (χ1n) is 20.1. The maximum atomic E-state index is 13.6. The number of benzene rings is 2. The zero-order valence-electron chi connectivity index (χ0n) is 33.0. The molecule has 15 nitrogen and oxygen atoms in total. The number of ether oxygens (including phenoxy) is 1. The van der Waals surface area contributed by atoms with Crippen molar-refractivity contribution in [3.05, 3.63) is 48.0 Å². The fourth-order valence-electron chi connectivity index (χ4n) is 7.33. The molecule has 0 aromatic heterocycles. The number of carbonyl (C=O) groups is 6. The molecule has 2 aliphatic rings. The Morgan fingerprint density at radius 3 is 2.27 bits per heavy atom. The van der Waals surface area contributed by atoms with Crippen LogP contribution in [0.15, 0.2) is 42.5 Å². The number of carbonyl (C=O) groups excluding carboxylic acids is 6. The molecular formula is C41H61N7O8. The monoisotopic (exact) mass is 779 g/mol. The van der Waals surface area contributed by atoms with E-state index in [0.29, 0.717) is 45.2 Å². The number of unbranched alkanes of at least 4 members (excludes halogenated alkanes) is 1. The van der Waals surface area contributed by atoms with E-state index in [0.717, 1.165) is 48.4 Å². The van der Waals surface area contributed by atoms with Gasteiger partial charge in [-0.05, 0) is 80.7 Å². The van der Waals surface area contributed by atoms with Gasteiger partial charge in [-0.3, -0.25) is 24.0 Å². The van der Waals surface area contributed by atoms with Crippen LogP contribution in [0.4, 0.5) is 4.79 Å². The van der Waals surface area contributed by atoms with Crippen molar-refractivity contribution in [2.45, 2.75) is 128 Å². The van der Waals surface area contributed by atoms with Crippen molar-refractivity contribution >= 4 is 46.4 Å². The zero-order valence-corrected chi connectivity index (χ0v) is 33.0. The van der Waals surface area contributed by atoms with Gasteiger partial charge in [-0.2, -0.15) is 0 Å². The molecule has 1 saturated carbocycles. The first-order valence-corrected chi connectivity index (χ1v) is 20.1. The van der Waals surface area contributed by atoms with Crippen molar-refractivity contribution in [2.75, 3.05) is 26.2 Å². The summed E-state index contributed by atoms with van der Waals surface area (Å²) in [5.74, 6) is -3.13. The highest BCUT2D eigenvalue weighted by atomic mass is 16.5. The third kappa shape index (κ3) is 13.5. The predicted octanol–water partition coefficient (Wildman–Crippen LogP) is 2.17. The Hall–Kier alpha value is -4.76. The first kappa shape index (κ1) is 44.0. The molecule has 1 aliphatic carbocycles. The summed E-state index contributed by atoms with van der Waals surface area (Å²) >= 11 is 0. The fraction of sp³-hybridized carbons (Fsp3) is 0.610. The lowest BCUT2D eigenvalue weighted by molar-refractivity contribution is -0.140.